The maximum absolute atomic E-state index is 12.3. The lowest BCUT2D eigenvalue weighted by atomic mass is 10.2. The number of anilines is 1. The Morgan fingerprint density at radius 3 is 2.60 bits per heavy atom. The predicted molar refractivity (Wildman–Crippen MR) is 96.9 cm³/mol. The molecule has 1 N–H and O–H groups in total. The highest BCUT2D eigenvalue weighted by Gasteiger charge is 2.21. The third-order valence-corrected chi connectivity index (χ3v) is 4.02. The SMILES string of the molecule is Cc1cc(CNC(=O)c2ccc(OCC3CC3)cc2)nc(N(C)C)n1. The predicted octanol–water partition coefficient (Wildman–Crippen LogP) is 2.57. The van der Waals surface area contributed by atoms with Crippen LogP contribution >= 0.6 is 0 Å². The number of hydrogen-bond donors (Lipinski definition) is 1. The first kappa shape index (κ1) is 17.2. The zero-order valence-electron chi connectivity index (χ0n) is 15.0. The van der Waals surface area contributed by atoms with Gasteiger partial charge in [-0.15, -0.1) is 0 Å². The van der Waals surface area contributed by atoms with Crippen molar-refractivity contribution in [1.29, 1.82) is 0 Å². The molecular weight excluding hydrogens is 316 g/mol. The van der Waals surface area contributed by atoms with Gasteiger partial charge in [0.1, 0.15) is 5.75 Å². The van der Waals surface area contributed by atoms with Crippen LogP contribution < -0.4 is 15.0 Å². The molecule has 0 unspecified atom stereocenters. The van der Waals surface area contributed by atoms with Crippen LogP contribution in [0.1, 0.15) is 34.6 Å². The molecule has 0 radical (unpaired) electrons. The number of nitrogens with one attached hydrogen (secondary N) is 1. The van der Waals surface area contributed by atoms with E-state index in [9.17, 15) is 4.79 Å². The van der Waals surface area contributed by atoms with Crippen molar-refractivity contribution < 1.29 is 9.53 Å². The van der Waals surface area contributed by atoms with Crippen LogP contribution in [-0.4, -0.2) is 36.6 Å². The van der Waals surface area contributed by atoms with Crippen LogP contribution in [0.3, 0.4) is 0 Å². The van der Waals surface area contributed by atoms with Gasteiger partial charge in [0.15, 0.2) is 0 Å². The summed E-state index contributed by atoms with van der Waals surface area (Å²) in [4.78, 5) is 22.9. The first-order valence-electron chi connectivity index (χ1n) is 8.54. The minimum atomic E-state index is -0.128. The first-order valence-corrected chi connectivity index (χ1v) is 8.54. The molecule has 1 amide bonds. The summed E-state index contributed by atoms with van der Waals surface area (Å²) in [5.41, 5.74) is 2.27. The summed E-state index contributed by atoms with van der Waals surface area (Å²) in [6, 6.07) is 9.14. The van der Waals surface area contributed by atoms with Crippen molar-refractivity contribution >= 4 is 11.9 Å². The number of hydrogen-bond acceptors (Lipinski definition) is 5. The van der Waals surface area contributed by atoms with E-state index in [0.717, 1.165) is 23.7 Å². The number of amides is 1. The van der Waals surface area contributed by atoms with Crippen molar-refractivity contribution in [3.05, 3.63) is 47.3 Å². The smallest absolute Gasteiger partial charge is 0.251 e. The maximum Gasteiger partial charge on any atom is 0.251 e. The summed E-state index contributed by atoms with van der Waals surface area (Å²) in [5.74, 6) is 2.04. The fourth-order valence-electron chi connectivity index (χ4n) is 2.38. The van der Waals surface area contributed by atoms with Gasteiger partial charge in [0.05, 0.1) is 18.8 Å². The second-order valence-corrected chi connectivity index (χ2v) is 6.66. The van der Waals surface area contributed by atoms with E-state index in [1.165, 1.54) is 12.8 Å². The molecule has 132 valence electrons. The molecule has 0 saturated heterocycles. The van der Waals surface area contributed by atoms with Gasteiger partial charge < -0.3 is 15.0 Å². The average Bonchev–Trinajstić information content (AvgIpc) is 3.42. The minimum Gasteiger partial charge on any atom is -0.493 e. The highest BCUT2D eigenvalue weighted by Crippen LogP contribution is 2.29. The van der Waals surface area contributed by atoms with Crippen LogP contribution in [0.25, 0.3) is 0 Å². The van der Waals surface area contributed by atoms with Gasteiger partial charge in [-0.1, -0.05) is 0 Å². The molecule has 0 aliphatic heterocycles. The average molecular weight is 340 g/mol. The van der Waals surface area contributed by atoms with Gasteiger partial charge in [0, 0.05) is 25.4 Å². The Morgan fingerprint density at radius 1 is 1.24 bits per heavy atom. The van der Waals surface area contributed by atoms with E-state index in [0.29, 0.717) is 24.0 Å². The molecule has 1 fully saturated rings. The van der Waals surface area contributed by atoms with Crippen molar-refractivity contribution in [2.24, 2.45) is 5.92 Å². The summed E-state index contributed by atoms with van der Waals surface area (Å²) < 4.78 is 5.69. The Balaban J connectivity index is 1.56. The van der Waals surface area contributed by atoms with Gasteiger partial charge in [0.2, 0.25) is 5.95 Å². The monoisotopic (exact) mass is 340 g/mol. The van der Waals surface area contributed by atoms with E-state index >= 15 is 0 Å². The largest absolute Gasteiger partial charge is 0.493 e. The standard InChI is InChI=1S/C19H24N4O2/c1-13-10-16(22-19(21-13)23(2)3)11-20-18(24)15-6-8-17(9-7-15)25-12-14-4-5-14/h6-10,14H,4-5,11-12H2,1-3H3,(H,20,24). The molecular formula is C19H24N4O2. The van der Waals surface area contributed by atoms with Gasteiger partial charge in [-0.3, -0.25) is 4.79 Å². The van der Waals surface area contributed by atoms with Gasteiger partial charge in [-0.05, 0) is 56.0 Å². The van der Waals surface area contributed by atoms with E-state index in [1.807, 2.05) is 44.1 Å². The molecule has 1 heterocycles. The lowest BCUT2D eigenvalue weighted by Crippen LogP contribution is -2.24. The van der Waals surface area contributed by atoms with Crippen molar-refractivity contribution in [3.63, 3.8) is 0 Å². The Hall–Kier alpha value is -2.63. The van der Waals surface area contributed by atoms with Crippen molar-refractivity contribution in [1.82, 2.24) is 15.3 Å². The summed E-state index contributed by atoms with van der Waals surface area (Å²) in [5, 5.41) is 2.90. The van der Waals surface area contributed by atoms with E-state index < -0.39 is 0 Å². The van der Waals surface area contributed by atoms with Gasteiger partial charge in [0.25, 0.3) is 5.91 Å². The van der Waals surface area contributed by atoms with Crippen molar-refractivity contribution in [2.75, 3.05) is 25.6 Å². The number of benzene rings is 1. The second-order valence-electron chi connectivity index (χ2n) is 6.66. The molecule has 2 aromatic rings. The Morgan fingerprint density at radius 2 is 1.96 bits per heavy atom. The van der Waals surface area contributed by atoms with Crippen LogP contribution in [0.2, 0.25) is 0 Å². The van der Waals surface area contributed by atoms with Crippen LogP contribution in [0.5, 0.6) is 5.75 Å². The molecule has 6 heteroatoms. The fourth-order valence-corrected chi connectivity index (χ4v) is 2.38. The molecule has 0 bridgehead atoms. The number of nitrogens with zero attached hydrogens (tertiary/aromatic N) is 3. The van der Waals surface area contributed by atoms with Crippen LogP contribution in [0.15, 0.2) is 30.3 Å². The molecule has 3 rings (SSSR count). The number of aryl methyl sites for hydroxylation is 1. The Bertz CT molecular complexity index is 740. The third-order valence-electron chi connectivity index (χ3n) is 4.02. The Kier molecular flexibility index (Phi) is 5.16. The lowest BCUT2D eigenvalue weighted by Gasteiger charge is -2.13. The molecule has 0 atom stereocenters. The highest BCUT2D eigenvalue weighted by molar-refractivity contribution is 5.94. The molecule has 25 heavy (non-hydrogen) atoms. The maximum atomic E-state index is 12.3. The molecule has 0 spiro atoms. The van der Waals surface area contributed by atoms with E-state index in [1.54, 1.807) is 12.1 Å². The number of carbonyl (C=O) groups is 1. The normalized spacial score (nSPS) is 13.4. The fraction of sp³-hybridized carbons (Fsp3) is 0.421. The van der Waals surface area contributed by atoms with E-state index in [4.69, 9.17) is 4.74 Å². The molecule has 1 aliphatic carbocycles. The topological polar surface area (TPSA) is 67.3 Å². The second kappa shape index (κ2) is 7.51. The number of aromatic nitrogens is 2. The van der Waals surface area contributed by atoms with Crippen LogP contribution in [0, 0.1) is 12.8 Å². The van der Waals surface area contributed by atoms with Gasteiger partial charge in [-0.25, -0.2) is 9.97 Å². The molecule has 1 aromatic heterocycles. The highest BCUT2D eigenvalue weighted by atomic mass is 16.5. The summed E-state index contributed by atoms with van der Waals surface area (Å²) in [6.45, 7) is 3.05. The number of carbonyl (C=O) groups excluding carboxylic acids is 1. The zero-order chi connectivity index (χ0) is 17.8. The molecule has 1 aromatic carbocycles. The first-order chi connectivity index (χ1) is 12.0. The Labute approximate surface area is 148 Å². The van der Waals surface area contributed by atoms with E-state index in [2.05, 4.69) is 15.3 Å². The van der Waals surface area contributed by atoms with Crippen molar-refractivity contribution in [3.8, 4) is 5.75 Å². The quantitative estimate of drug-likeness (QED) is 0.839. The minimum absolute atomic E-state index is 0.128. The molecule has 6 nitrogen and oxygen atoms in total. The number of rotatable bonds is 7. The van der Waals surface area contributed by atoms with E-state index in [-0.39, 0.29) is 5.91 Å². The summed E-state index contributed by atoms with van der Waals surface area (Å²) in [6.07, 6.45) is 2.52. The van der Waals surface area contributed by atoms with Gasteiger partial charge in [-0.2, -0.15) is 0 Å². The van der Waals surface area contributed by atoms with Crippen molar-refractivity contribution in [2.45, 2.75) is 26.3 Å². The summed E-state index contributed by atoms with van der Waals surface area (Å²) in [7, 11) is 3.79. The molecule has 1 saturated carbocycles. The third kappa shape index (κ3) is 4.92. The molecule has 1 aliphatic rings. The lowest BCUT2D eigenvalue weighted by molar-refractivity contribution is 0.0950. The summed E-state index contributed by atoms with van der Waals surface area (Å²) >= 11 is 0. The zero-order valence-corrected chi connectivity index (χ0v) is 15.0. The van der Waals surface area contributed by atoms with Crippen LogP contribution in [0.4, 0.5) is 5.95 Å². The number of ether oxygens (including phenoxy) is 1. The van der Waals surface area contributed by atoms with Gasteiger partial charge >= 0.3 is 0 Å². The van der Waals surface area contributed by atoms with Crippen LogP contribution in [-0.2, 0) is 6.54 Å².